The summed E-state index contributed by atoms with van der Waals surface area (Å²) in [5, 5.41) is 12.9. The van der Waals surface area contributed by atoms with Gasteiger partial charge in [-0.1, -0.05) is 52.9 Å². The van der Waals surface area contributed by atoms with Gasteiger partial charge >= 0.3 is 0 Å². The Kier molecular flexibility index (Phi) is 10.0. The van der Waals surface area contributed by atoms with Crippen LogP contribution in [0.25, 0.3) is 0 Å². The van der Waals surface area contributed by atoms with Gasteiger partial charge in [0.05, 0.1) is 6.61 Å². The van der Waals surface area contributed by atoms with Crippen LogP contribution in [0.5, 0.6) is 0 Å². The molecule has 3 unspecified atom stereocenters. The first-order valence-electron chi connectivity index (χ1n) is 7.02. The Hall–Kier alpha value is -0.0800. The Labute approximate surface area is 102 Å². The van der Waals surface area contributed by atoms with Crippen LogP contribution in [0, 0.1) is 5.92 Å². The molecule has 0 radical (unpaired) electrons. The standard InChI is InChI=1S/C14H31NO/c1-5-7-8-9-10-13(4)15-14(11-16)12(3)6-2/h12-16H,5-11H2,1-4H3. The van der Waals surface area contributed by atoms with E-state index in [1.165, 1.54) is 32.1 Å². The molecular formula is C14H31NO. The van der Waals surface area contributed by atoms with Crippen molar-refractivity contribution in [3.8, 4) is 0 Å². The van der Waals surface area contributed by atoms with E-state index < -0.39 is 0 Å². The van der Waals surface area contributed by atoms with Gasteiger partial charge in [-0.25, -0.2) is 0 Å². The molecule has 2 nitrogen and oxygen atoms in total. The highest BCUT2D eigenvalue weighted by molar-refractivity contribution is 4.75. The Morgan fingerprint density at radius 1 is 1.06 bits per heavy atom. The van der Waals surface area contributed by atoms with Gasteiger partial charge in [0, 0.05) is 12.1 Å². The van der Waals surface area contributed by atoms with E-state index in [1.54, 1.807) is 0 Å². The van der Waals surface area contributed by atoms with Crippen LogP contribution in [0.3, 0.4) is 0 Å². The minimum atomic E-state index is 0.258. The van der Waals surface area contributed by atoms with Crippen molar-refractivity contribution in [3.05, 3.63) is 0 Å². The van der Waals surface area contributed by atoms with Crippen molar-refractivity contribution in [1.29, 1.82) is 0 Å². The third kappa shape index (κ3) is 7.24. The van der Waals surface area contributed by atoms with Crippen LogP contribution in [0.4, 0.5) is 0 Å². The van der Waals surface area contributed by atoms with Crippen molar-refractivity contribution in [1.82, 2.24) is 5.32 Å². The highest BCUT2D eigenvalue weighted by Gasteiger charge is 2.16. The van der Waals surface area contributed by atoms with Crippen molar-refractivity contribution in [3.63, 3.8) is 0 Å². The van der Waals surface area contributed by atoms with Gasteiger partial charge in [0.2, 0.25) is 0 Å². The van der Waals surface area contributed by atoms with Crippen molar-refractivity contribution < 1.29 is 5.11 Å². The molecule has 0 aliphatic heterocycles. The Balaban J connectivity index is 3.69. The number of aliphatic hydroxyl groups is 1. The summed E-state index contributed by atoms with van der Waals surface area (Å²) in [6.07, 6.45) is 7.65. The van der Waals surface area contributed by atoms with Crippen molar-refractivity contribution in [2.75, 3.05) is 6.61 Å². The maximum absolute atomic E-state index is 9.32. The zero-order chi connectivity index (χ0) is 12.4. The number of nitrogens with one attached hydrogen (secondary N) is 1. The minimum absolute atomic E-state index is 0.258. The van der Waals surface area contributed by atoms with E-state index in [-0.39, 0.29) is 12.6 Å². The quantitative estimate of drug-likeness (QED) is 0.563. The van der Waals surface area contributed by atoms with Gasteiger partial charge < -0.3 is 10.4 Å². The molecule has 0 saturated heterocycles. The molecular weight excluding hydrogens is 198 g/mol. The van der Waals surface area contributed by atoms with Crippen molar-refractivity contribution in [2.45, 2.75) is 78.3 Å². The molecule has 98 valence electrons. The summed E-state index contributed by atoms with van der Waals surface area (Å²) in [5.74, 6) is 0.558. The molecule has 0 fully saturated rings. The summed E-state index contributed by atoms with van der Waals surface area (Å²) < 4.78 is 0. The van der Waals surface area contributed by atoms with E-state index in [0.717, 1.165) is 6.42 Å². The van der Waals surface area contributed by atoms with Gasteiger partial charge in [0.1, 0.15) is 0 Å². The van der Waals surface area contributed by atoms with Crippen LogP contribution in [-0.4, -0.2) is 23.8 Å². The number of hydrogen-bond acceptors (Lipinski definition) is 2. The summed E-state index contributed by atoms with van der Waals surface area (Å²) in [6.45, 7) is 9.12. The van der Waals surface area contributed by atoms with Gasteiger partial charge in [-0.15, -0.1) is 0 Å². The van der Waals surface area contributed by atoms with Crippen LogP contribution in [0.1, 0.15) is 66.2 Å². The first-order valence-corrected chi connectivity index (χ1v) is 7.02. The third-order valence-electron chi connectivity index (χ3n) is 3.52. The molecule has 0 aromatic rings. The van der Waals surface area contributed by atoms with Gasteiger partial charge in [0.15, 0.2) is 0 Å². The summed E-state index contributed by atoms with van der Waals surface area (Å²) in [6, 6.07) is 0.800. The molecule has 2 N–H and O–H groups in total. The average molecular weight is 229 g/mol. The number of rotatable bonds is 10. The van der Waals surface area contributed by atoms with E-state index in [2.05, 4.69) is 33.0 Å². The van der Waals surface area contributed by atoms with Crippen molar-refractivity contribution >= 4 is 0 Å². The maximum Gasteiger partial charge on any atom is 0.0587 e. The predicted molar refractivity (Wildman–Crippen MR) is 71.7 cm³/mol. The molecule has 0 bridgehead atoms. The van der Waals surface area contributed by atoms with Gasteiger partial charge in [-0.3, -0.25) is 0 Å². The van der Waals surface area contributed by atoms with Crippen LogP contribution >= 0.6 is 0 Å². The smallest absolute Gasteiger partial charge is 0.0587 e. The van der Waals surface area contributed by atoms with Gasteiger partial charge in [-0.2, -0.15) is 0 Å². The number of hydrogen-bond donors (Lipinski definition) is 2. The molecule has 2 heteroatoms. The zero-order valence-electron chi connectivity index (χ0n) is 11.6. The molecule has 0 saturated carbocycles. The second kappa shape index (κ2) is 10.1. The summed E-state index contributed by atoms with van der Waals surface area (Å²) >= 11 is 0. The predicted octanol–water partition coefficient (Wildman–Crippen LogP) is 3.34. The summed E-state index contributed by atoms with van der Waals surface area (Å²) in [5.41, 5.74) is 0. The first-order chi connectivity index (χ1) is 7.65. The Bertz CT molecular complexity index is 150. The van der Waals surface area contributed by atoms with E-state index in [0.29, 0.717) is 12.0 Å². The van der Waals surface area contributed by atoms with Crippen LogP contribution in [0.15, 0.2) is 0 Å². The molecule has 0 heterocycles. The number of aliphatic hydroxyl groups excluding tert-OH is 1. The molecule has 3 atom stereocenters. The van der Waals surface area contributed by atoms with E-state index in [9.17, 15) is 5.11 Å². The lowest BCUT2D eigenvalue weighted by molar-refractivity contribution is 0.190. The zero-order valence-corrected chi connectivity index (χ0v) is 11.6. The monoisotopic (exact) mass is 229 g/mol. The lowest BCUT2D eigenvalue weighted by Gasteiger charge is -2.26. The fraction of sp³-hybridized carbons (Fsp3) is 1.00. The largest absolute Gasteiger partial charge is 0.395 e. The lowest BCUT2D eigenvalue weighted by atomic mass is 9.98. The molecule has 0 aromatic heterocycles. The summed E-state index contributed by atoms with van der Waals surface area (Å²) in [4.78, 5) is 0. The highest BCUT2D eigenvalue weighted by Crippen LogP contribution is 2.10. The molecule has 16 heavy (non-hydrogen) atoms. The third-order valence-corrected chi connectivity index (χ3v) is 3.52. The SMILES string of the molecule is CCCCCCC(C)NC(CO)C(C)CC. The van der Waals surface area contributed by atoms with E-state index in [1.807, 2.05) is 0 Å². The fourth-order valence-corrected chi connectivity index (χ4v) is 2.01. The van der Waals surface area contributed by atoms with Crippen LogP contribution < -0.4 is 5.32 Å². The van der Waals surface area contributed by atoms with Gasteiger partial charge in [0.25, 0.3) is 0 Å². The second-order valence-corrected chi connectivity index (χ2v) is 5.09. The fourth-order valence-electron chi connectivity index (χ4n) is 2.01. The van der Waals surface area contributed by atoms with Crippen LogP contribution in [-0.2, 0) is 0 Å². The summed E-state index contributed by atoms with van der Waals surface area (Å²) in [7, 11) is 0. The second-order valence-electron chi connectivity index (χ2n) is 5.09. The maximum atomic E-state index is 9.32. The molecule has 0 amide bonds. The minimum Gasteiger partial charge on any atom is -0.395 e. The topological polar surface area (TPSA) is 32.3 Å². The molecule has 0 aliphatic rings. The highest BCUT2D eigenvalue weighted by atomic mass is 16.3. The van der Waals surface area contributed by atoms with Crippen molar-refractivity contribution in [2.24, 2.45) is 5.92 Å². The first kappa shape index (κ1) is 15.9. The van der Waals surface area contributed by atoms with Gasteiger partial charge in [-0.05, 0) is 19.3 Å². The molecule has 0 spiro atoms. The van der Waals surface area contributed by atoms with E-state index in [4.69, 9.17) is 0 Å². The number of unbranched alkanes of at least 4 members (excludes halogenated alkanes) is 3. The average Bonchev–Trinajstić information content (AvgIpc) is 2.30. The molecule has 0 aromatic carbocycles. The van der Waals surface area contributed by atoms with E-state index >= 15 is 0 Å². The normalized spacial score (nSPS) is 17.1. The Morgan fingerprint density at radius 2 is 1.75 bits per heavy atom. The Morgan fingerprint density at radius 3 is 2.25 bits per heavy atom. The molecule has 0 rings (SSSR count). The van der Waals surface area contributed by atoms with Crippen LogP contribution in [0.2, 0.25) is 0 Å². The lowest BCUT2D eigenvalue weighted by Crippen LogP contribution is -2.43. The molecule has 0 aliphatic carbocycles.